The molecule has 1 aromatic carbocycles. The van der Waals surface area contributed by atoms with Crippen LogP contribution in [-0.2, 0) is 0 Å². The van der Waals surface area contributed by atoms with Gasteiger partial charge in [-0.15, -0.1) is 0 Å². The Bertz CT molecular complexity index is 695. The average molecular weight is 281 g/mol. The number of ether oxygens (including phenoxy) is 2. The SMILES string of the molecule is O=C(O)c1cc(-c2cc3c(c(F)c2O)OCCO3)on1. The Morgan fingerprint density at radius 1 is 1.30 bits per heavy atom. The monoisotopic (exact) mass is 281 g/mol. The molecule has 0 saturated carbocycles. The maximum absolute atomic E-state index is 14.0. The minimum atomic E-state index is -1.29. The molecule has 0 unspecified atom stereocenters. The van der Waals surface area contributed by atoms with Gasteiger partial charge in [-0.25, -0.2) is 4.79 Å². The first-order valence-electron chi connectivity index (χ1n) is 5.59. The number of carboxylic acid groups (broad SMARTS) is 1. The summed E-state index contributed by atoms with van der Waals surface area (Å²) < 4.78 is 29.0. The summed E-state index contributed by atoms with van der Waals surface area (Å²) in [5, 5.41) is 21.9. The summed E-state index contributed by atoms with van der Waals surface area (Å²) in [6.07, 6.45) is 0. The molecular weight excluding hydrogens is 273 g/mol. The van der Waals surface area contributed by atoms with Gasteiger partial charge >= 0.3 is 5.97 Å². The molecule has 2 heterocycles. The van der Waals surface area contributed by atoms with Crippen LogP contribution < -0.4 is 9.47 Å². The number of aromatic carboxylic acids is 1. The lowest BCUT2D eigenvalue weighted by Gasteiger charge is -2.20. The fourth-order valence-corrected chi connectivity index (χ4v) is 1.83. The third-order valence-corrected chi connectivity index (χ3v) is 2.74. The number of rotatable bonds is 2. The minimum Gasteiger partial charge on any atom is -0.504 e. The number of hydrogen-bond donors (Lipinski definition) is 2. The molecule has 0 amide bonds. The van der Waals surface area contributed by atoms with Crippen molar-refractivity contribution in [1.29, 1.82) is 0 Å². The second kappa shape index (κ2) is 4.41. The molecule has 2 aromatic rings. The Morgan fingerprint density at radius 3 is 2.75 bits per heavy atom. The molecule has 2 N–H and O–H groups in total. The molecule has 0 saturated heterocycles. The lowest BCUT2D eigenvalue weighted by molar-refractivity contribution is 0.0686. The molecule has 104 valence electrons. The fraction of sp³-hybridized carbons (Fsp3) is 0.167. The summed E-state index contributed by atoms with van der Waals surface area (Å²) in [4.78, 5) is 10.7. The molecule has 0 fully saturated rings. The van der Waals surface area contributed by atoms with Crippen molar-refractivity contribution >= 4 is 5.97 Å². The first kappa shape index (κ1) is 12.3. The number of nitrogens with zero attached hydrogens (tertiary/aromatic N) is 1. The zero-order valence-corrected chi connectivity index (χ0v) is 9.92. The second-order valence-corrected chi connectivity index (χ2v) is 3.99. The molecule has 1 aliphatic rings. The van der Waals surface area contributed by atoms with Gasteiger partial charge in [0.15, 0.2) is 23.0 Å². The maximum atomic E-state index is 14.0. The Hall–Kier alpha value is -2.77. The number of hydrogen-bond acceptors (Lipinski definition) is 6. The average Bonchev–Trinajstić information content (AvgIpc) is 2.92. The summed E-state index contributed by atoms with van der Waals surface area (Å²) in [6, 6.07) is 2.38. The van der Waals surface area contributed by atoms with Crippen LogP contribution in [0.2, 0.25) is 0 Å². The van der Waals surface area contributed by atoms with E-state index >= 15 is 0 Å². The van der Waals surface area contributed by atoms with Crippen LogP contribution >= 0.6 is 0 Å². The maximum Gasteiger partial charge on any atom is 0.358 e. The zero-order chi connectivity index (χ0) is 14.3. The minimum absolute atomic E-state index is 0.0632. The van der Waals surface area contributed by atoms with Crippen molar-refractivity contribution in [2.24, 2.45) is 0 Å². The van der Waals surface area contributed by atoms with Gasteiger partial charge in [0, 0.05) is 6.07 Å². The lowest BCUT2D eigenvalue weighted by Crippen LogP contribution is -2.16. The Labute approximate surface area is 111 Å². The predicted octanol–water partition coefficient (Wildman–Crippen LogP) is 1.66. The normalized spacial score (nSPS) is 13.2. The Kier molecular flexibility index (Phi) is 2.70. The van der Waals surface area contributed by atoms with Crippen LogP contribution in [0, 0.1) is 5.82 Å². The van der Waals surface area contributed by atoms with E-state index in [1.54, 1.807) is 0 Å². The lowest BCUT2D eigenvalue weighted by atomic mass is 10.1. The molecule has 0 spiro atoms. The van der Waals surface area contributed by atoms with E-state index in [1.807, 2.05) is 0 Å². The van der Waals surface area contributed by atoms with Gasteiger partial charge in [-0.3, -0.25) is 0 Å². The van der Waals surface area contributed by atoms with Crippen LogP contribution in [-0.4, -0.2) is 34.6 Å². The van der Waals surface area contributed by atoms with E-state index in [1.165, 1.54) is 6.07 Å². The number of phenols is 1. The molecule has 1 aliphatic heterocycles. The van der Waals surface area contributed by atoms with Crippen molar-refractivity contribution in [3.8, 4) is 28.6 Å². The molecule has 0 aliphatic carbocycles. The highest BCUT2D eigenvalue weighted by molar-refractivity contribution is 5.87. The van der Waals surface area contributed by atoms with Crippen molar-refractivity contribution in [3.05, 3.63) is 23.6 Å². The standard InChI is InChI=1S/C12H8FNO6/c13-9-10(15)5(3-8-11(9)19-2-1-18-8)7-4-6(12(16)17)14-20-7/h3-4,15H,1-2H2,(H,16,17). The predicted molar refractivity (Wildman–Crippen MR) is 61.5 cm³/mol. The van der Waals surface area contributed by atoms with Crippen molar-refractivity contribution in [1.82, 2.24) is 5.16 Å². The molecule has 8 heteroatoms. The largest absolute Gasteiger partial charge is 0.504 e. The first-order valence-corrected chi connectivity index (χ1v) is 5.59. The third-order valence-electron chi connectivity index (χ3n) is 2.74. The molecule has 20 heavy (non-hydrogen) atoms. The topological polar surface area (TPSA) is 102 Å². The number of phenolic OH excluding ortho intramolecular Hbond substituents is 1. The van der Waals surface area contributed by atoms with Crippen molar-refractivity contribution < 1.29 is 33.4 Å². The van der Waals surface area contributed by atoms with Crippen LogP contribution in [0.5, 0.6) is 17.2 Å². The number of halogens is 1. The van der Waals surface area contributed by atoms with Crippen molar-refractivity contribution in [3.63, 3.8) is 0 Å². The van der Waals surface area contributed by atoms with Crippen LogP contribution in [0.4, 0.5) is 4.39 Å². The van der Waals surface area contributed by atoms with Crippen molar-refractivity contribution in [2.75, 3.05) is 13.2 Å². The number of carboxylic acids is 1. The van der Waals surface area contributed by atoms with Gasteiger partial charge < -0.3 is 24.2 Å². The van der Waals surface area contributed by atoms with Gasteiger partial charge in [0.1, 0.15) is 13.2 Å². The Morgan fingerprint density at radius 2 is 2.05 bits per heavy atom. The van der Waals surface area contributed by atoms with E-state index in [2.05, 4.69) is 5.16 Å². The molecular formula is C12H8FNO6. The van der Waals surface area contributed by atoms with Crippen LogP contribution in [0.3, 0.4) is 0 Å². The number of benzene rings is 1. The molecule has 3 rings (SSSR count). The number of fused-ring (bicyclic) bond motifs is 1. The van der Waals surface area contributed by atoms with Crippen LogP contribution in [0.15, 0.2) is 16.7 Å². The first-order chi connectivity index (χ1) is 9.58. The van der Waals surface area contributed by atoms with E-state index < -0.39 is 17.5 Å². The van der Waals surface area contributed by atoms with Gasteiger partial charge in [-0.05, 0) is 6.07 Å². The summed E-state index contributed by atoms with van der Waals surface area (Å²) >= 11 is 0. The number of aromatic hydroxyl groups is 1. The smallest absolute Gasteiger partial charge is 0.358 e. The third kappa shape index (κ3) is 1.81. The molecule has 0 atom stereocenters. The molecule has 7 nitrogen and oxygen atoms in total. The summed E-state index contributed by atoms with van der Waals surface area (Å²) in [6.45, 7) is 0.418. The zero-order valence-electron chi connectivity index (χ0n) is 9.92. The van der Waals surface area contributed by atoms with Gasteiger partial charge in [-0.2, -0.15) is 4.39 Å². The van der Waals surface area contributed by atoms with E-state index in [0.29, 0.717) is 0 Å². The fourth-order valence-electron chi connectivity index (χ4n) is 1.83. The van der Waals surface area contributed by atoms with E-state index in [-0.39, 0.29) is 41.7 Å². The van der Waals surface area contributed by atoms with E-state index in [9.17, 15) is 14.3 Å². The van der Waals surface area contributed by atoms with Crippen molar-refractivity contribution in [2.45, 2.75) is 0 Å². The highest BCUT2D eigenvalue weighted by atomic mass is 19.1. The molecule has 0 bridgehead atoms. The summed E-state index contributed by atoms with van der Waals surface area (Å²) in [5.41, 5.74) is -0.415. The number of aromatic nitrogens is 1. The van der Waals surface area contributed by atoms with E-state index in [0.717, 1.165) is 6.07 Å². The van der Waals surface area contributed by atoms with Gasteiger partial charge in [0.2, 0.25) is 11.6 Å². The second-order valence-electron chi connectivity index (χ2n) is 3.99. The van der Waals surface area contributed by atoms with Gasteiger partial charge in [-0.1, -0.05) is 5.16 Å². The summed E-state index contributed by atoms with van der Waals surface area (Å²) in [7, 11) is 0. The van der Waals surface area contributed by atoms with Crippen LogP contribution in [0.25, 0.3) is 11.3 Å². The highest BCUT2D eigenvalue weighted by Gasteiger charge is 2.26. The molecule has 1 aromatic heterocycles. The van der Waals surface area contributed by atoms with E-state index in [4.69, 9.17) is 19.1 Å². The van der Waals surface area contributed by atoms with Gasteiger partial charge in [0.25, 0.3) is 0 Å². The Balaban J connectivity index is 2.13. The molecule has 0 radical (unpaired) electrons. The van der Waals surface area contributed by atoms with Gasteiger partial charge in [0.05, 0.1) is 5.56 Å². The highest BCUT2D eigenvalue weighted by Crippen LogP contribution is 2.44. The number of carbonyl (C=O) groups is 1. The summed E-state index contributed by atoms with van der Waals surface area (Å²) in [5.74, 6) is -3.17. The van der Waals surface area contributed by atoms with Crippen LogP contribution in [0.1, 0.15) is 10.5 Å². The quantitative estimate of drug-likeness (QED) is 0.862.